The summed E-state index contributed by atoms with van der Waals surface area (Å²) in [7, 11) is 0. The number of carbonyl (C=O) groups is 1. The molecule has 2 heterocycles. The molecule has 0 saturated heterocycles. The molecule has 2 aromatic rings. The Balaban J connectivity index is 2.00. The molecule has 0 bridgehead atoms. The number of thiophene rings is 1. The molecule has 2 aromatic heterocycles. The highest BCUT2D eigenvalue weighted by molar-refractivity contribution is 8.00. The van der Waals surface area contributed by atoms with Gasteiger partial charge < -0.3 is 5.32 Å². The molecule has 3 rings (SSSR count). The van der Waals surface area contributed by atoms with Gasteiger partial charge >= 0.3 is 0 Å². The summed E-state index contributed by atoms with van der Waals surface area (Å²) >= 11 is 2.99. The molecule has 0 aliphatic heterocycles. The molecule has 0 radical (unpaired) electrons. The van der Waals surface area contributed by atoms with Crippen LogP contribution in [-0.4, -0.2) is 27.3 Å². The zero-order valence-electron chi connectivity index (χ0n) is 15.5. The number of nitrogens with zero attached hydrogens (tertiary/aromatic N) is 2. The average molecular weight is 392 g/mol. The molecular weight excluding hydrogens is 366 g/mol. The lowest BCUT2D eigenvalue weighted by atomic mass is 9.89. The second-order valence-electron chi connectivity index (χ2n) is 6.77. The number of hydrogen-bond acceptors (Lipinski definition) is 5. The molecule has 7 heteroatoms. The number of carbonyl (C=O) groups excluding carboxylic acids is 1. The minimum Gasteiger partial charge on any atom is -0.352 e. The Kier molecular flexibility index (Phi) is 5.87. The van der Waals surface area contributed by atoms with Gasteiger partial charge in [0.2, 0.25) is 5.91 Å². The number of thioether (sulfide) groups is 1. The number of hydrogen-bond donors (Lipinski definition) is 1. The van der Waals surface area contributed by atoms with Crippen LogP contribution in [-0.2, 0) is 24.2 Å². The van der Waals surface area contributed by atoms with Crippen LogP contribution in [0.5, 0.6) is 0 Å². The maximum atomic E-state index is 13.1. The van der Waals surface area contributed by atoms with Gasteiger partial charge in [0.05, 0.1) is 10.6 Å². The van der Waals surface area contributed by atoms with E-state index in [1.807, 2.05) is 13.8 Å². The second-order valence-corrected chi connectivity index (χ2v) is 9.16. The van der Waals surface area contributed by atoms with Crippen molar-refractivity contribution in [2.75, 3.05) is 6.54 Å². The van der Waals surface area contributed by atoms with Crippen LogP contribution in [0.1, 0.15) is 37.6 Å². The van der Waals surface area contributed by atoms with Crippen molar-refractivity contribution in [1.29, 1.82) is 0 Å². The summed E-state index contributed by atoms with van der Waals surface area (Å²) < 4.78 is 1.70. The van der Waals surface area contributed by atoms with Gasteiger partial charge in [-0.2, -0.15) is 0 Å². The smallest absolute Gasteiger partial charge is 0.263 e. The number of aromatic nitrogens is 2. The van der Waals surface area contributed by atoms with Gasteiger partial charge in [-0.05, 0) is 44.6 Å². The maximum absolute atomic E-state index is 13.1. The number of nitrogens with one attached hydrogen (secondary N) is 1. The van der Waals surface area contributed by atoms with Crippen LogP contribution >= 0.6 is 23.1 Å². The average Bonchev–Trinajstić information content (AvgIpc) is 2.97. The fourth-order valence-electron chi connectivity index (χ4n) is 3.30. The summed E-state index contributed by atoms with van der Waals surface area (Å²) in [6.45, 7) is 10.6. The molecule has 0 unspecified atom stereocenters. The molecule has 0 fully saturated rings. The van der Waals surface area contributed by atoms with Crippen molar-refractivity contribution in [1.82, 2.24) is 14.9 Å². The van der Waals surface area contributed by atoms with Crippen LogP contribution in [0.2, 0.25) is 0 Å². The van der Waals surface area contributed by atoms with Crippen LogP contribution in [0.4, 0.5) is 0 Å². The van der Waals surface area contributed by atoms with E-state index in [4.69, 9.17) is 4.98 Å². The van der Waals surface area contributed by atoms with Gasteiger partial charge in [-0.25, -0.2) is 4.98 Å². The quantitative estimate of drug-likeness (QED) is 0.466. The summed E-state index contributed by atoms with van der Waals surface area (Å²) in [4.78, 5) is 32.2. The summed E-state index contributed by atoms with van der Waals surface area (Å²) in [6.07, 6.45) is 4.77. The van der Waals surface area contributed by atoms with E-state index in [9.17, 15) is 9.59 Å². The Bertz CT molecular complexity index is 900. The molecule has 0 aromatic carbocycles. The van der Waals surface area contributed by atoms with Gasteiger partial charge in [0.25, 0.3) is 5.56 Å². The zero-order valence-corrected chi connectivity index (χ0v) is 17.1. The summed E-state index contributed by atoms with van der Waals surface area (Å²) in [5.41, 5.74) is 1.24. The molecule has 2 atom stereocenters. The molecule has 140 valence electrons. The van der Waals surface area contributed by atoms with Crippen LogP contribution < -0.4 is 10.9 Å². The Morgan fingerprint density at radius 3 is 3.04 bits per heavy atom. The van der Waals surface area contributed by atoms with Crippen molar-refractivity contribution in [3.8, 4) is 0 Å². The number of rotatable bonds is 6. The first-order valence-electron chi connectivity index (χ1n) is 9.06. The minimum atomic E-state index is -0.327. The predicted molar refractivity (Wildman–Crippen MR) is 109 cm³/mol. The van der Waals surface area contributed by atoms with Crippen LogP contribution in [0.15, 0.2) is 22.6 Å². The topological polar surface area (TPSA) is 64.0 Å². The molecule has 0 saturated carbocycles. The highest BCUT2D eigenvalue weighted by Gasteiger charge is 2.25. The van der Waals surface area contributed by atoms with E-state index < -0.39 is 0 Å². The first-order valence-corrected chi connectivity index (χ1v) is 10.8. The van der Waals surface area contributed by atoms with Gasteiger partial charge in [-0.1, -0.05) is 24.8 Å². The molecule has 5 nitrogen and oxygen atoms in total. The van der Waals surface area contributed by atoms with E-state index in [2.05, 4.69) is 18.8 Å². The third kappa shape index (κ3) is 3.60. The SMILES string of the molecule is C=CCNC(=O)[C@H](C)Sc1nc2sc3c(c2c(=O)n1CC)CC[C@H](C)C3. The first-order chi connectivity index (χ1) is 12.5. The Morgan fingerprint density at radius 1 is 1.58 bits per heavy atom. The lowest BCUT2D eigenvalue weighted by molar-refractivity contribution is -0.120. The second kappa shape index (κ2) is 7.96. The number of aryl methyl sites for hydroxylation is 1. The molecule has 0 spiro atoms. The van der Waals surface area contributed by atoms with Crippen LogP contribution in [0.3, 0.4) is 0 Å². The fraction of sp³-hybridized carbons (Fsp3) is 0.526. The standard InChI is InChI=1S/C19H25N3O2S2/c1-5-9-20-16(23)12(4)25-19-21-17-15(18(24)22(19)6-2)13-8-7-11(3)10-14(13)26-17/h5,11-12H,1,6-10H2,2-4H3,(H,20,23)/t11-,12-/m0/s1. The monoisotopic (exact) mass is 391 g/mol. The minimum absolute atomic E-state index is 0.0331. The molecule has 1 aliphatic rings. The van der Waals surface area contributed by atoms with E-state index in [1.54, 1.807) is 22.0 Å². The van der Waals surface area contributed by atoms with Crippen LogP contribution in [0, 0.1) is 5.92 Å². The van der Waals surface area contributed by atoms with Gasteiger partial charge in [-0.3, -0.25) is 14.2 Å². The highest BCUT2D eigenvalue weighted by atomic mass is 32.2. The van der Waals surface area contributed by atoms with E-state index in [1.165, 1.54) is 22.2 Å². The van der Waals surface area contributed by atoms with Crippen molar-refractivity contribution in [2.45, 2.75) is 57.0 Å². The van der Waals surface area contributed by atoms with Crippen molar-refractivity contribution >= 4 is 39.2 Å². The molecule has 1 aliphatic carbocycles. The van der Waals surface area contributed by atoms with Gasteiger partial charge in [0.15, 0.2) is 5.16 Å². The van der Waals surface area contributed by atoms with E-state index in [0.29, 0.717) is 24.2 Å². The fourth-order valence-corrected chi connectivity index (χ4v) is 5.72. The van der Waals surface area contributed by atoms with Gasteiger partial charge in [0.1, 0.15) is 4.83 Å². The molecule has 1 amide bonds. The Morgan fingerprint density at radius 2 is 2.35 bits per heavy atom. The zero-order chi connectivity index (χ0) is 18.8. The lowest BCUT2D eigenvalue weighted by Crippen LogP contribution is -2.32. The van der Waals surface area contributed by atoms with Gasteiger partial charge in [-0.15, -0.1) is 17.9 Å². The normalized spacial score (nSPS) is 17.7. The first kappa shape index (κ1) is 19.2. The van der Waals surface area contributed by atoms with Crippen molar-refractivity contribution in [3.63, 3.8) is 0 Å². The molecule has 1 N–H and O–H groups in total. The summed E-state index contributed by atoms with van der Waals surface area (Å²) in [6, 6.07) is 0. The summed E-state index contributed by atoms with van der Waals surface area (Å²) in [5, 5.41) is 3.89. The highest BCUT2D eigenvalue weighted by Crippen LogP contribution is 2.36. The van der Waals surface area contributed by atoms with E-state index in [-0.39, 0.29) is 16.7 Å². The lowest BCUT2D eigenvalue weighted by Gasteiger charge is -2.18. The van der Waals surface area contributed by atoms with Crippen LogP contribution in [0.25, 0.3) is 10.2 Å². The van der Waals surface area contributed by atoms with Gasteiger partial charge in [0, 0.05) is 18.0 Å². The van der Waals surface area contributed by atoms with E-state index >= 15 is 0 Å². The Labute approximate surface area is 161 Å². The van der Waals surface area contributed by atoms with Crippen molar-refractivity contribution < 1.29 is 4.79 Å². The third-order valence-electron chi connectivity index (χ3n) is 4.77. The van der Waals surface area contributed by atoms with Crippen molar-refractivity contribution in [2.24, 2.45) is 5.92 Å². The third-order valence-corrected chi connectivity index (χ3v) is 7.01. The van der Waals surface area contributed by atoms with Crippen molar-refractivity contribution in [3.05, 3.63) is 33.4 Å². The molecule has 26 heavy (non-hydrogen) atoms. The largest absolute Gasteiger partial charge is 0.352 e. The predicted octanol–water partition coefficient (Wildman–Crippen LogP) is 3.39. The maximum Gasteiger partial charge on any atom is 0.263 e. The van der Waals surface area contributed by atoms with E-state index in [0.717, 1.165) is 29.5 Å². The Hall–Kier alpha value is -1.60. The number of fused-ring (bicyclic) bond motifs is 3. The number of amides is 1. The molecular formula is C19H25N3O2S2. The summed E-state index contributed by atoms with van der Waals surface area (Å²) in [5.74, 6) is 0.581.